The van der Waals surface area contributed by atoms with Crippen LogP contribution in [0.1, 0.15) is 37.7 Å². The minimum absolute atomic E-state index is 0.384. The Bertz CT molecular complexity index is 478. The van der Waals surface area contributed by atoms with E-state index in [1.54, 1.807) is 14.2 Å². The van der Waals surface area contributed by atoms with Crippen molar-refractivity contribution in [2.45, 2.75) is 56.8 Å². The van der Waals surface area contributed by atoms with Gasteiger partial charge in [-0.05, 0) is 31.7 Å². The highest BCUT2D eigenvalue weighted by Crippen LogP contribution is 2.36. The molecule has 1 aromatic carbocycles. The molecule has 21 heavy (non-hydrogen) atoms. The van der Waals surface area contributed by atoms with Crippen LogP contribution in [0.15, 0.2) is 18.2 Å². The van der Waals surface area contributed by atoms with Gasteiger partial charge in [0, 0.05) is 36.3 Å². The van der Waals surface area contributed by atoms with E-state index in [2.05, 4.69) is 11.0 Å². The van der Waals surface area contributed by atoms with Gasteiger partial charge >= 0.3 is 0 Å². The van der Waals surface area contributed by atoms with Crippen LogP contribution >= 0.6 is 0 Å². The second kappa shape index (κ2) is 6.24. The summed E-state index contributed by atoms with van der Waals surface area (Å²) in [5.41, 5.74) is 7.45. The molecular weight excluding hydrogens is 264 g/mol. The molecule has 4 heteroatoms. The number of ether oxygens (including phenoxy) is 2. The fraction of sp³-hybridized carbons (Fsp3) is 0.647. The minimum Gasteiger partial charge on any atom is -0.497 e. The second-order valence-corrected chi connectivity index (χ2v) is 6.32. The molecule has 0 saturated carbocycles. The van der Waals surface area contributed by atoms with Crippen molar-refractivity contribution in [3.63, 3.8) is 0 Å². The monoisotopic (exact) mass is 290 g/mol. The summed E-state index contributed by atoms with van der Waals surface area (Å²) in [5.74, 6) is 1.76. The Balaban J connectivity index is 1.79. The molecular formula is C17H26N2O2. The molecule has 2 aliphatic heterocycles. The van der Waals surface area contributed by atoms with Crippen molar-refractivity contribution in [2.24, 2.45) is 5.73 Å². The zero-order valence-electron chi connectivity index (χ0n) is 13.0. The molecule has 116 valence electrons. The third-order valence-electron chi connectivity index (χ3n) is 5.01. The van der Waals surface area contributed by atoms with Crippen molar-refractivity contribution in [1.29, 1.82) is 0 Å². The van der Waals surface area contributed by atoms with Crippen LogP contribution in [0.5, 0.6) is 11.5 Å². The van der Waals surface area contributed by atoms with E-state index in [1.165, 1.54) is 24.8 Å². The predicted octanol–water partition coefficient (Wildman–Crippen LogP) is 2.55. The first-order valence-corrected chi connectivity index (χ1v) is 7.93. The highest BCUT2D eigenvalue weighted by Gasteiger charge is 2.37. The fourth-order valence-corrected chi connectivity index (χ4v) is 3.96. The summed E-state index contributed by atoms with van der Waals surface area (Å²) in [6.07, 6.45) is 6.17. The Morgan fingerprint density at radius 2 is 1.86 bits per heavy atom. The van der Waals surface area contributed by atoms with Crippen LogP contribution in [0.2, 0.25) is 0 Å². The third kappa shape index (κ3) is 3.01. The van der Waals surface area contributed by atoms with Gasteiger partial charge < -0.3 is 15.2 Å². The number of nitrogens with zero attached hydrogens (tertiary/aromatic N) is 1. The maximum Gasteiger partial charge on any atom is 0.127 e. The van der Waals surface area contributed by atoms with Crippen molar-refractivity contribution >= 4 is 0 Å². The summed E-state index contributed by atoms with van der Waals surface area (Å²) in [5, 5.41) is 0. The van der Waals surface area contributed by atoms with Gasteiger partial charge in [-0.2, -0.15) is 0 Å². The number of piperidine rings is 2. The topological polar surface area (TPSA) is 47.7 Å². The number of hydrogen-bond acceptors (Lipinski definition) is 4. The van der Waals surface area contributed by atoms with Crippen molar-refractivity contribution in [2.75, 3.05) is 14.2 Å². The van der Waals surface area contributed by atoms with E-state index in [1.807, 2.05) is 12.1 Å². The van der Waals surface area contributed by atoms with E-state index in [0.717, 1.165) is 30.9 Å². The van der Waals surface area contributed by atoms with Gasteiger partial charge in [-0.3, -0.25) is 4.90 Å². The van der Waals surface area contributed by atoms with Crippen LogP contribution in [0.4, 0.5) is 0 Å². The average molecular weight is 290 g/mol. The molecule has 4 nitrogen and oxygen atoms in total. The summed E-state index contributed by atoms with van der Waals surface area (Å²) in [6.45, 7) is 0.954. The zero-order chi connectivity index (χ0) is 14.8. The normalized spacial score (nSPS) is 29.2. The summed E-state index contributed by atoms with van der Waals surface area (Å²) in [4.78, 5) is 2.65. The lowest BCUT2D eigenvalue weighted by Crippen LogP contribution is -2.54. The zero-order valence-corrected chi connectivity index (χ0v) is 13.0. The summed E-state index contributed by atoms with van der Waals surface area (Å²) >= 11 is 0. The second-order valence-electron chi connectivity index (χ2n) is 6.32. The highest BCUT2D eigenvalue weighted by atomic mass is 16.5. The van der Waals surface area contributed by atoms with Crippen LogP contribution in [0.25, 0.3) is 0 Å². The molecule has 0 aliphatic carbocycles. The Hall–Kier alpha value is -1.26. The Morgan fingerprint density at radius 3 is 2.48 bits per heavy atom. The molecule has 0 amide bonds. The summed E-state index contributed by atoms with van der Waals surface area (Å²) < 4.78 is 10.8. The lowest BCUT2D eigenvalue weighted by Gasteiger charge is -2.48. The van der Waals surface area contributed by atoms with E-state index in [9.17, 15) is 0 Å². The SMILES string of the molecule is COc1ccc(CN2C3CCCC2CC(N)C3)c(OC)c1. The van der Waals surface area contributed by atoms with Gasteiger partial charge in [0.1, 0.15) is 11.5 Å². The number of rotatable bonds is 4. The van der Waals surface area contributed by atoms with Gasteiger partial charge in [0.15, 0.2) is 0 Å². The van der Waals surface area contributed by atoms with Gasteiger partial charge in [0.05, 0.1) is 14.2 Å². The molecule has 2 atom stereocenters. The highest BCUT2D eigenvalue weighted by molar-refractivity contribution is 5.40. The summed E-state index contributed by atoms with van der Waals surface area (Å²) in [7, 11) is 3.41. The summed E-state index contributed by atoms with van der Waals surface area (Å²) in [6, 6.07) is 7.78. The smallest absolute Gasteiger partial charge is 0.127 e. The lowest BCUT2D eigenvalue weighted by molar-refractivity contribution is 0.0239. The molecule has 2 aliphatic rings. The van der Waals surface area contributed by atoms with Crippen LogP contribution < -0.4 is 15.2 Å². The third-order valence-corrected chi connectivity index (χ3v) is 5.01. The van der Waals surface area contributed by atoms with Crippen LogP contribution in [0.3, 0.4) is 0 Å². The Labute approximate surface area is 127 Å². The van der Waals surface area contributed by atoms with Gasteiger partial charge in [-0.15, -0.1) is 0 Å². The van der Waals surface area contributed by atoms with Crippen LogP contribution in [-0.4, -0.2) is 37.2 Å². The molecule has 0 radical (unpaired) electrons. The van der Waals surface area contributed by atoms with Gasteiger partial charge in [0.2, 0.25) is 0 Å². The molecule has 0 spiro atoms. The molecule has 2 saturated heterocycles. The first-order valence-electron chi connectivity index (χ1n) is 7.93. The largest absolute Gasteiger partial charge is 0.497 e. The van der Waals surface area contributed by atoms with E-state index in [0.29, 0.717) is 18.1 Å². The van der Waals surface area contributed by atoms with Crippen molar-refractivity contribution in [3.8, 4) is 11.5 Å². The van der Waals surface area contributed by atoms with Crippen molar-refractivity contribution < 1.29 is 9.47 Å². The van der Waals surface area contributed by atoms with Crippen molar-refractivity contribution in [3.05, 3.63) is 23.8 Å². The van der Waals surface area contributed by atoms with Crippen LogP contribution in [0, 0.1) is 0 Å². The Morgan fingerprint density at radius 1 is 1.14 bits per heavy atom. The first-order chi connectivity index (χ1) is 10.2. The fourth-order valence-electron chi connectivity index (χ4n) is 3.96. The molecule has 2 N–H and O–H groups in total. The first kappa shape index (κ1) is 14.7. The predicted molar refractivity (Wildman–Crippen MR) is 83.7 cm³/mol. The quantitative estimate of drug-likeness (QED) is 0.926. The Kier molecular flexibility index (Phi) is 4.36. The number of methoxy groups -OCH3 is 2. The van der Waals surface area contributed by atoms with Gasteiger partial charge in [0.25, 0.3) is 0 Å². The van der Waals surface area contributed by atoms with E-state index >= 15 is 0 Å². The number of nitrogens with two attached hydrogens (primary N) is 1. The van der Waals surface area contributed by atoms with E-state index < -0.39 is 0 Å². The standard InChI is InChI=1S/C17H26N2O2/c1-20-16-7-6-12(17(10-16)21-2)11-19-14-4-3-5-15(19)9-13(18)8-14/h6-7,10,13-15H,3-5,8-9,11,18H2,1-2H3. The van der Waals surface area contributed by atoms with E-state index in [-0.39, 0.29) is 0 Å². The number of benzene rings is 1. The van der Waals surface area contributed by atoms with Gasteiger partial charge in [-0.25, -0.2) is 0 Å². The average Bonchev–Trinajstić information content (AvgIpc) is 2.48. The van der Waals surface area contributed by atoms with Crippen molar-refractivity contribution in [1.82, 2.24) is 4.90 Å². The molecule has 0 aromatic heterocycles. The molecule has 2 heterocycles. The minimum atomic E-state index is 0.384. The van der Waals surface area contributed by atoms with Crippen LogP contribution in [-0.2, 0) is 6.54 Å². The molecule has 1 aromatic rings. The molecule has 2 unspecified atom stereocenters. The number of fused-ring (bicyclic) bond motifs is 2. The maximum absolute atomic E-state index is 6.21. The molecule has 2 fully saturated rings. The van der Waals surface area contributed by atoms with Gasteiger partial charge in [-0.1, -0.05) is 12.5 Å². The molecule has 2 bridgehead atoms. The van der Waals surface area contributed by atoms with E-state index in [4.69, 9.17) is 15.2 Å². The maximum atomic E-state index is 6.21. The molecule has 3 rings (SSSR count). The lowest BCUT2D eigenvalue weighted by atomic mass is 9.82. The number of hydrogen-bond donors (Lipinski definition) is 1.